The highest BCUT2D eigenvalue weighted by molar-refractivity contribution is 7.89. The second kappa shape index (κ2) is 8.57. The number of nitrogens with one attached hydrogen (secondary N) is 1. The first-order valence-corrected chi connectivity index (χ1v) is 11.4. The molecule has 1 fully saturated rings. The van der Waals surface area contributed by atoms with Crippen molar-refractivity contribution >= 4 is 27.0 Å². The van der Waals surface area contributed by atoms with Crippen LogP contribution in [0.2, 0.25) is 0 Å². The molecule has 3 rings (SSSR count). The molecule has 1 unspecified atom stereocenters. The number of benzene rings is 1. The van der Waals surface area contributed by atoms with E-state index in [1.807, 2.05) is 13.8 Å². The van der Waals surface area contributed by atoms with Gasteiger partial charge in [-0.1, -0.05) is 25.0 Å². The number of carbonyl (C=O) groups excluding carboxylic acids is 1. The summed E-state index contributed by atoms with van der Waals surface area (Å²) in [6, 6.07) is 4.35. The van der Waals surface area contributed by atoms with Crippen molar-refractivity contribution in [2.45, 2.75) is 69.9 Å². The van der Waals surface area contributed by atoms with Gasteiger partial charge in [-0.15, -0.1) is 5.10 Å². The monoisotopic (exact) mass is 407 g/mol. The van der Waals surface area contributed by atoms with Crippen LogP contribution < -0.4 is 5.32 Å². The van der Waals surface area contributed by atoms with Crippen molar-refractivity contribution in [2.75, 3.05) is 13.1 Å². The number of carbonyl (C=O) groups is 1. The van der Waals surface area contributed by atoms with Crippen LogP contribution in [0.15, 0.2) is 23.1 Å². The molecule has 1 amide bonds. The lowest BCUT2D eigenvalue weighted by molar-refractivity contribution is -0.125. The summed E-state index contributed by atoms with van der Waals surface area (Å²) < 4.78 is 29.7. The highest BCUT2D eigenvalue weighted by Gasteiger charge is 2.37. The molecule has 1 aliphatic rings. The first kappa shape index (κ1) is 20.7. The van der Waals surface area contributed by atoms with E-state index in [4.69, 9.17) is 0 Å². The Labute approximate surface area is 166 Å². The minimum absolute atomic E-state index is 0.130. The molecule has 1 N–H and O–H groups in total. The van der Waals surface area contributed by atoms with Crippen molar-refractivity contribution in [1.29, 1.82) is 0 Å². The molecule has 1 aliphatic heterocycles. The Bertz CT molecular complexity index is 938. The van der Waals surface area contributed by atoms with Gasteiger partial charge in [0, 0.05) is 19.1 Å². The molecule has 0 saturated carbocycles. The van der Waals surface area contributed by atoms with Gasteiger partial charge in [0.2, 0.25) is 15.9 Å². The fourth-order valence-corrected chi connectivity index (χ4v) is 5.24. The molecule has 0 spiro atoms. The van der Waals surface area contributed by atoms with Gasteiger partial charge in [-0.25, -0.2) is 13.1 Å². The number of rotatable bonds is 7. The molecular formula is C19H29N5O3S. The molecule has 0 radical (unpaired) electrons. The zero-order chi connectivity index (χ0) is 20.3. The van der Waals surface area contributed by atoms with Crippen molar-refractivity contribution in [2.24, 2.45) is 0 Å². The van der Waals surface area contributed by atoms with Gasteiger partial charge in [0.25, 0.3) is 0 Å². The molecule has 28 heavy (non-hydrogen) atoms. The van der Waals surface area contributed by atoms with Gasteiger partial charge in [0.1, 0.15) is 11.6 Å². The van der Waals surface area contributed by atoms with E-state index in [-0.39, 0.29) is 16.8 Å². The molecule has 9 heteroatoms. The number of unbranched alkanes of at least 4 members (excludes halogenated alkanes) is 1. The maximum absolute atomic E-state index is 13.3. The second-order valence-corrected chi connectivity index (χ2v) is 9.44. The highest BCUT2D eigenvalue weighted by Crippen LogP contribution is 2.27. The minimum atomic E-state index is -3.79. The predicted octanol–water partition coefficient (Wildman–Crippen LogP) is 2.47. The summed E-state index contributed by atoms with van der Waals surface area (Å²) in [5.74, 6) is -0.205. The van der Waals surface area contributed by atoms with Gasteiger partial charge < -0.3 is 5.32 Å². The van der Waals surface area contributed by atoms with Crippen LogP contribution in [0, 0.1) is 0 Å². The summed E-state index contributed by atoms with van der Waals surface area (Å²) in [5, 5.41) is 11.1. The van der Waals surface area contributed by atoms with E-state index in [2.05, 4.69) is 22.6 Å². The summed E-state index contributed by atoms with van der Waals surface area (Å²) in [4.78, 5) is 12.8. The largest absolute Gasteiger partial charge is 0.355 e. The fourth-order valence-electron chi connectivity index (χ4n) is 3.56. The van der Waals surface area contributed by atoms with Crippen LogP contribution >= 0.6 is 0 Å². The Morgan fingerprint density at radius 1 is 1.32 bits per heavy atom. The van der Waals surface area contributed by atoms with Crippen LogP contribution in [-0.4, -0.2) is 52.8 Å². The van der Waals surface area contributed by atoms with Crippen LogP contribution in [0.1, 0.15) is 58.9 Å². The van der Waals surface area contributed by atoms with Crippen LogP contribution in [0.4, 0.5) is 0 Å². The molecule has 2 heterocycles. The van der Waals surface area contributed by atoms with E-state index in [1.54, 1.807) is 22.9 Å². The molecule has 0 aliphatic carbocycles. The van der Waals surface area contributed by atoms with Gasteiger partial charge in [-0.2, -0.15) is 4.31 Å². The summed E-state index contributed by atoms with van der Waals surface area (Å²) in [5.41, 5.74) is 1.33. The van der Waals surface area contributed by atoms with Crippen LogP contribution in [0.3, 0.4) is 0 Å². The van der Waals surface area contributed by atoms with E-state index < -0.39 is 16.1 Å². The van der Waals surface area contributed by atoms with E-state index in [0.29, 0.717) is 25.0 Å². The van der Waals surface area contributed by atoms with Crippen molar-refractivity contribution in [3.63, 3.8) is 0 Å². The molecule has 1 aromatic heterocycles. The average Bonchev–Trinajstić information content (AvgIpc) is 3.11. The number of sulfonamides is 1. The van der Waals surface area contributed by atoms with Crippen LogP contribution in [0.25, 0.3) is 11.0 Å². The lowest BCUT2D eigenvalue weighted by Gasteiger charge is -2.33. The Morgan fingerprint density at radius 3 is 2.82 bits per heavy atom. The average molecular weight is 408 g/mol. The third-order valence-corrected chi connectivity index (χ3v) is 7.03. The predicted molar refractivity (Wildman–Crippen MR) is 107 cm³/mol. The van der Waals surface area contributed by atoms with Crippen LogP contribution in [-0.2, 0) is 14.8 Å². The number of fused-ring (bicyclic) bond motifs is 1. The topological polar surface area (TPSA) is 97.2 Å². The number of nitrogens with zero attached hydrogens (tertiary/aromatic N) is 4. The Balaban J connectivity index is 1.89. The normalized spacial score (nSPS) is 18.6. The number of piperidine rings is 1. The molecule has 1 aromatic carbocycles. The van der Waals surface area contributed by atoms with Crippen LogP contribution in [0.5, 0.6) is 0 Å². The van der Waals surface area contributed by atoms with Gasteiger partial charge in [-0.05, 0) is 51.3 Å². The SMILES string of the molecule is CCCCNC(=O)C1CCCCN1S(=O)(=O)c1ccc2c(c1)nnn2C(C)C. The van der Waals surface area contributed by atoms with Gasteiger partial charge >= 0.3 is 0 Å². The second-order valence-electron chi connectivity index (χ2n) is 7.55. The van der Waals surface area contributed by atoms with Crippen molar-refractivity contribution in [3.05, 3.63) is 18.2 Å². The molecule has 1 atom stereocenters. The lowest BCUT2D eigenvalue weighted by atomic mass is 10.0. The molecular weight excluding hydrogens is 378 g/mol. The Kier molecular flexibility index (Phi) is 6.34. The third kappa shape index (κ3) is 4.05. The van der Waals surface area contributed by atoms with Gasteiger partial charge in [0.05, 0.1) is 10.4 Å². The van der Waals surface area contributed by atoms with E-state index in [0.717, 1.165) is 31.2 Å². The molecule has 154 valence electrons. The smallest absolute Gasteiger partial charge is 0.243 e. The maximum atomic E-state index is 13.3. The summed E-state index contributed by atoms with van der Waals surface area (Å²) in [7, 11) is -3.79. The number of hydrogen-bond acceptors (Lipinski definition) is 5. The van der Waals surface area contributed by atoms with Gasteiger partial charge in [0.15, 0.2) is 0 Å². The zero-order valence-electron chi connectivity index (χ0n) is 16.8. The highest BCUT2D eigenvalue weighted by atomic mass is 32.2. The first-order chi connectivity index (χ1) is 13.4. The summed E-state index contributed by atoms with van der Waals surface area (Å²) in [6.45, 7) is 6.96. The summed E-state index contributed by atoms with van der Waals surface area (Å²) >= 11 is 0. The van der Waals surface area contributed by atoms with E-state index >= 15 is 0 Å². The Hall–Kier alpha value is -2.00. The molecule has 8 nitrogen and oxygen atoms in total. The van der Waals surface area contributed by atoms with Crippen molar-refractivity contribution in [1.82, 2.24) is 24.6 Å². The zero-order valence-corrected chi connectivity index (χ0v) is 17.6. The number of amides is 1. The Morgan fingerprint density at radius 2 is 2.11 bits per heavy atom. The summed E-state index contributed by atoms with van der Waals surface area (Å²) in [6.07, 6.45) is 4.00. The minimum Gasteiger partial charge on any atom is -0.355 e. The first-order valence-electron chi connectivity index (χ1n) is 10.0. The van der Waals surface area contributed by atoms with Crippen molar-refractivity contribution < 1.29 is 13.2 Å². The standard InChI is InChI=1S/C19H29N5O3S/c1-4-5-11-20-19(25)18-8-6-7-12-23(18)28(26,27)15-9-10-17-16(13-15)21-22-24(17)14(2)3/h9-10,13-14,18H,4-8,11-12H2,1-3H3,(H,20,25). The maximum Gasteiger partial charge on any atom is 0.243 e. The van der Waals surface area contributed by atoms with Gasteiger partial charge in [-0.3, -0.25) is 4.79 Å². The molecule has 1 saturated heterocycles. The fraction of sp³-hybridized carbons (Fsp3) is 0.632. The van der Waals surface area contributed by atoms with E-state index in [1.165, 1.54) is 4.31 Å². The third-order valence-electron chi connectivity index (χ3n) is 5.12. The van der Waals surface area contributed by atoms with Crippen molar-refractivity contribution in [3.8, 4) is 0 Å². The van der Waals surface area contributed by atoms with E-state index in [9.17, 15) is 13.2 Å². The number of hydrogen-bond donors (Lipinski definition) is 1. The lowest BCUT2D eigenvalue weighted by Crippen LogP contribution is -2.51. The molecule has 2 aromatic rings. The quantitative estimate of drug-likeness (QED) is 0.711. The molecule has 0 bridgehead atoms. The number of aromatic nitrogens is 3.